The lowest BCUT2D eigenvalue weighted by Gasteiger charge is -2.34. The van der Waals surface area contributed by atoms with E-state index in [1.54, 1.807) is 0 Å². The molecular formula is C35H28O3. The SMILES string of the molecule is C[C@H]1Oc2c(c(-c3ccccc3)c(O)c3ccccc23)C2=C(c3ccccc3)c3ccccc3C2O[C@@H]1C. The zero-order valence-corrected chi connectivity index (χ0v) is 21.4. The van der Waals surface area contributed by atoms with Crippen LogP contribution in [-0.4, -0.2) is 17.3 Å². The topological polar surface area (TPSA) is 38.7 Å². The Labute approximate surface area is 222 Å². The quantitative estimate of drug-likeness (QED) is 0.267. The van der Waals surface area contributed by atoms with E-state index < -0.39 is 0 Å². The Morgan fingerprint density at radius 1 is 0.605 bits per heavy atom. The van der Waals surface area contributed by atoms with E-state index in [-0.39, 0.29) is 24.1 Å². The average Bonchev–Trinajstić information content (AvgIpc) is 3.27. The molecule has 1 aliphatic heterocycles. The molecule has 1 heterocycles. The second kappa shape index (κ2) is 8.90. The molecule has 0 aromatic heterocycles. The summed E-state index contributed by atoms with van der Waals surface area (Å²) >= 11 is 0. The number of phenols is 1. The lowest BCUT2D eigenvalue weighted by molar-refractivity contribution is -0.0349. The molecule has 5 aromatic carbocycles. The van der Waals surface area contributed by atoms with Crippen molar-refractivity contribution in [3.8, 4) is 22.6 Å². The molecule has 0 saturated heterocycles. The molecule has 38 heavy (non-hydrogen) atoms. The van der Waals surface area contributed by atoms with Crippen LogP contribution in [0.15, 0.2) is 109 Å². The standard InChI is InChI=1S/C35H28O3/c1-21-22(2)38-35-28-20-12-10-18-26(28)33(36)30(24-15-7-4-8-16-24)32(35)31-29(23-13-5-3-6-14-23)25-17-9-11-19-27(25)34(31)37-21/h3-22,34,36H,1-2H3/t21-,22-,34?/m1/s1. The molecule has 3 nitrogen and oxygen atoms in total. The van der Waals surface area contributed by atoms with Crippen molar-refractivity contribution in [2.75, 3.05) is 0 Å². The maximum atomic E-state index is 11.9. The molecule has 7 rings (SSSR count). The Kier molecular flexibility index (Phi) is 5.34. The fourth-order valence-electron chi connectivity index (χ4n) is 5.96. The van der Waals surface area contributed by atoms with Crippen LogP contribution in [0.1, 0.15) is 42.2 Å². The molecule has 1 aliphatic carbocycles. The molecule has 3 heteroatoms. The van der Waals surface area contributed by atoms with E-state index >= 15 is 0 Å². The summed E-state index contributed by atoms with van der Waals surface area (Å²) in [5.74, 6) is 1.05. The van der Waals surface area contributed by atoms with E-state index in [0.717, 1.165) is 61.0 Å². The van der Waals surface area contributed by atoms with Crippen LogP contribution in [0.3, 0.4) is 0 Å². The van der Waals surface area contributed by atoms with E-state index in [1.165, 1.54) is 0 Å². The summed E-state index contributed by atoms with van der Waals surface area (Å²) in [6, 6.07) is 37.1. The highest BCUT2D eigenvalue weighted by atomic mass is 16.5. The van der Waals surface area contributed by atoms with Crippen molar-refractivity contribution in [2.24, 2.45) is 0 Å². The fourth-order valence-corrected chi connectivity index (χ4v) is 5.96. The Morgan fingerprint density at radius 2 is 1.21 bits per heavy atom. The van der Waals surface area contributed by atoms with Gasteiger partial charge in [0.15, 0.2) is 0 Å². The number of aromatic hydroxyl groups is 1. The van der Waals surface area contributed by atoms with Gasteiger partial charge in [0.2, 0.25) is 0 Å². The summed E-state index contributed by atoms with van der Waals surface area (Å²) in [7, 11) is 0. The largest absolute Gasteiger partial charge is 0.507 e. The number of fused-ring (bicyclic) bond motifs is 7. The number of rotatable bonds is 2. The Morgan fingerprint density at radius 3 is 1.95 bits per heavy atom. The van der Waals surface area contributed by atoms with Crippen LogP contribution in [0.5, 0.6) is 11.5 Å². The van der Waals surface area contributed by atoms with Gasteiger partial charge < -0.3 is 14.6 Å². The third-order valence-electron chi connectivity index (χ3n) is 7.89. The first kappa shape index (κ1) is 22.8. The van der Waals surface area contributed by atoms with Gasteiger partial charge in [0.1, 0.15) is 23.7 Å². The van der Waals surface area contributed by atoms with Crippen LogP contribution >= 0.6 is 0 Å². The number of phenolic OH excluding ortho intramolecular Hbond substituents is 1. The van der Waals surface area contributed by atoms with Gasteiger partial charge in [-0.05, 0) is 41.7 Å². The van der Waals surface area contributed by atoms with E-state index in [2.05, 4.69) is 74.5 Å². The first-order chi connectivity index (χ1) is 18.6. The Hall–Kier alpha value is -4.34. The molecule has 0 spiro atoms. The van der Waals surface area contributed by atoms with E-state index in [9.17, 15) is 5.11 Å². The smallest absolute Gasteiger partial charge is 0.136 e. The van der Waals surface area contributed by atoms with Crippen LogP contribution in [0.2, 0.25) is 0 Å². The van der Waals surface area contributed by atoms with Crippen molar-refractivity contribution >= 4 is 21.9 Å². The minimum absolute atomic E-state index is 0.154. The van der Waals surface area contributed by atoms with Crippen LogP contribution in [-0.2, 0) is 4.74 Å². The Bertz CT molecular complexity index is 1700. The average molecular weight is 497 g/mol. The van der Waals surface area contributed by atoms with Gasteiger partial charge in [-0.1, -0.05) is 109 Å². The van der Waals surface area contributed by atoms with Crippen molar-refractivity contribution in [3.05, 3.63) is 131 Å². The molecule has 0 fully saturated rings. The second-order valence-electron chi connectivity index (χ2n) is 10.1. The molecule has 0 bridgehead atoms. The molecule has 0 saturated carbocycles. The lowest BCUT2D eigenvalue weighted by Crippen LogP contribution is -2.32. The fraction of sp³-hybridized carbons (Fsp3) is 0.143. The number of hydrogen-bond donors (Lipinski definition) is 1. The predicted molar refractivity (Wildman–Crippen MR) is 153 cm³/mol. The van der Waals surface area contributed by atoms with Crippen molar-refractivity contribution < 1.29 is 14.6 Å². The Balaban J connectivity index is 1.70. The van der Waals surface area contributed by atoms with Gasteiger partial charge in [-0.2, -0.15) is 0 Å². The van der Waals surface area contributed by atoms with Crippen molar-refractivity contribution in [1.82, 2.24) is 0 Å². The normalized spacial score (nSPS) is 20.2. The van der Waals surface area contributed by atoms with Crippen LogP contribution in [0, 0.1) is 0 Å². The highest BCUT2D eigenvalue weighted by Gasteiger charge is 2.41. The van der Waals surface area contributed by atoms with Gasteiger partial charge in [0.25, 0.3) is 0 Å². The first-order valence-electron chi connectivity index (χ1n) is 13.2. The van der Waals surface area contributed by atoms with Crippen molar-refractivity contribution in [2.45, 2.75) is 32.2 Å². The third kappa shape index (κ3) is 3.39. The predicted octanol–water partition coefficient (Wildman–Crippen LogP) is 8.41. The molecule has 0 amide bonds. The van der Waals surface area contributed by atoms with Gasteiger partial charge in [0, 0.05) is 27.5 Å². The monoisotopic (exact) mass is 496 g/mol. The van der Waals surface area contributed by atoms with Gasteiger partial charge in [-0.3, -0.25) is 0 Å². The lowest BCUT2D eigenvalue weighted by atomic mass is 9.84. The molecule has 5 aromatic rings. The van der Waals surface area contributed by atoms with Gasteiger partial charge in [-0.15, -0.1) is 0 Å². The molecule has 2 aliphatic rings. The van der Waals surface area contributed by atoms with Crippen LogP contribution in [0.25, 0.3) is 33.0 Å². The molecule has 186 valence electrons. The highest BCUT2D eigenvalue weighted by Crippen LogP contribution is 2.58. The van der Waals surface area contributed by atoms with E-state index in [1.807, 2.05) is 48.5 Å². The van der Waals surface area contributed by atoms with Crippen molar-refractivity contribution in [1.29, 1.82) is 0 Å². The van der Waals surface area contributed by atoms with Gasteiger partial charge >= 0.3 is 0 Å². The summed E-state index contributed by atoms with van der Waals surface area (Å²) in [4.78, 5) is 0. The second-order valence-corrected chi connectivity index (χ2v) is 10.1. The van der Waals surface area contributed by atoms with E-state index in [0.29, 0.717) is 0 Å². The minimum atomic E-state index is -0.301. The maximum Gasteiger partial charge on any atom is 0.136 e. The van der Waals surface area contributed by atoms with Crippen molar-refractivity contribution in [3.63, 3.8) is 0 Å². The molecule has 0 radical (unpaired) electrons. The number of benzene rings is 5. The van der Waals surface area contributed by atoms with Gasteiger partial charge in [-0.25, -0.2) is 0 Å². The van der Waals surface area contributed by atoms with Crippen LogP contribution < -0.4 is 4.74 Å². The first-order valence-corrected chi connectivity index (χ1v) is 13.2. The van der Waals surface area contributed by atoms with Gasteiger partial charge in [0.05, 0.1) is 6.10 Å². The van der Waals surface area contributed by atoms with E-state index in [4.69, 9.17) is 9.47 Å². The summed E-state index contributed by atoms with van der Waals surface area (Å²) in [6.45, 7) is 4.14. The number of hydrogen-bond acceptors (Lipinski definition) is 3. The highest BCUT2D eigenvalue weighted by molar-refractivity contribution is 6.13. The molecule has 3 atom stereocenters. The minimum Gasteiger partial charge on any atom is -0.507 e. The molecule has 1 unspecified atom stereocenters. The van der Waals surface area contributed by atoms with Crippen LogP contribution in [0.4, 0.5) is 0 Å². The maximum absolute atomic E-state index is 11.9. The summed E-state index contributed by atoms with van der Waals surface area (Å²) in [6.07, 6.45) is -0.650. The summed E-state index contributed by atoms with van der Waals surface area (Å²) in [5, 5.41) is 13.6. The zero-order valence-electron chi connectivity index (χ0n) is 21.4. The third-order valence-corrected chi connectivity index (χ3v) is 7.89. The summed E-state index contributed by atoms with van der Waals surface area (Å²) in [5.41, 5.74) is 8.15. The zero-order chi connectivity index (χ0) is 25.8. The molecule has 1 N–H and O–H groups in total. The number of ether oxygens (including phenoxy) is 2. The molecular weight excluding hydrogens is 468 g/mol. The summed E-state index contributed by atoms with van der Waals surface area (Å²) < 4.78 is 13.6.